The van der Waals surface area contributed by atoms with Crippen LogP contribution in [0.2, 0.25) is 0 Å². The summed E-state index contributed by atoms with van der Waals surface area (Å²) in [5.74, 6) is 1.34. The molecule has 0 aliphatic carbocycles. The fourth-order valence-corrected chi connectivity index (χ4v) is 2.43. The summed E-state index contributed by atoms with van der Waals surface area (Å²) in [6.07, 6.45) is 3.28. The minimum absolute atomic E-state index is 0.0829. The van der Waals surface area contributed by atoms with Crippen molar-refractivity contribution in [3.63, 3.8) is 0 Å². The molecule has 0 aliphatic rings. The molecule has 0 unspecified atom stereocenters. The summed E-state index contributed by atoms with van der Waals surface area (Å²) in [5.41, 5.74) is 1.43. The zero-order valence-corrected chi connectivity index (χ0v) is 15.2. The molecule has 0 amide bonds. The van der Waals surface area contributed by atoms with Crippen molar-refractivity contribution in [2.24, 2.45) is 0 Å². The zero-order valence-electron chi connectivity index (χ0n) is 13.6. The van der Waals surface area contributed by atoms with Gasteiger partial charge in [-0.3, -0.25) is 4.79 Å². The Hall–Kier alpha value is -2.11. The molecule has 0 radical (unpaired) electrons. The smallest absolute Gasteiger partial charge is 0.185 e. The Kier molecular flexibility index (Phi) is 7.03. The number of halogens is 1. The number of benzene rings is 2. The quantitative estimate of drug-likeness (QED) is 0.381. The second-order valence-electron chi connectivity index (χ2n) is 4.95. The second kappa shape index (κ2) is 9.25. The van der Waals surface area contributed by atoms with Gasteiger partial charge in [-0.25, -0.2) is 0 Å². The topological polar surface area (TPSA) is 44.8 Å². The van der Waals surface area contributed by atoms with E-state index in [1.165, 1.54) is 6.08 Å². The molecular formula is C19H19BrO4. The van der Waals surface area contributed by atoms with Crippen molar-refractivity contribution < 1.29 is 19.0 Å². The molecule has 2 rings (SSSR count). The molecule has 5 heteroatoms. The molecule has 0 saturated carbocycles. The summed E-state index contributed by atoms with van der Waals surface area (Å²) >= 11 is 3.41. The third-order valence-electron chi connectivity index (χ3n) is 3.30. The van der Waals surface area contributed by atoms with Gasteiger partial charge in [-0.2, -0.15) is 0 Å². The van der Waals surface area contributed by atoms with Crippen LogP contribution in [-0.4, -0.2) is 33.2 Å². The normalized spacial score (nSPS) is 10.8. The van der Waals surface area contributed by atoms with Crippen molar-refractivity contribution in [2.45, 2.75) is 0 Å². The molecule has 0 heterocycles. The van der Waals surface area contributed by atoms with Gasteiger partial charge in [0, 0.05) is 22.7 Å². The Morgan fingerprint density at radius 3 is 2.50 bits per heavy atom. The Labute approximate surface area is 150 Å². The molecular weight excluding hydrogens is 372 g/mol. The highest BCUT2D eigenvalue weighted by molar-refractivity contribution is 9.10. The minimum Gasteiger partial charge on any atom is -0.496 e. The number of methoxy groups -OCH3 is 2. The second-order valence-corrected chi connectivity index (χ2v) is 5.87. The highest BCUT2D eigenvalue weighted by Gasteiger charge is 2.04. The highest BCUT2D eigenvalue weighted by atomic mass is 79.9. The van der Waals surface area contributed by atoms with Crippen LogP contribution in [0.4, 0.5) is 0 Å². The molecule has 24 heavy (non-hydrogen) atoms. The number of allylic oxidation sites excluding steroid dienone is 1. The number of carbonyl (C=O) groups excluding carboxylic acids is 1. The first-order valence-corrected chi connectivity index (χ1v) is 8.21. The van der Waals surface area contributed by atoms with Crippen LogP contribution in [0.1, 0.15) is 15.9 Å². The van der Waals surface area contributed by atoms with Crippen molar-refractivity contribution in [3.8, 4) is 11.5 Å². The van der Waals surface area contributed by atoms with E-state index in [4.69, 9.17) is 14.2 Å². The van der Waals surface area contributed by atoms with Crippen LogP contribution in [-0.2, 0) is 4.74 Å². The van der Waals surface area contributed by atoms with E-state index in [0.717, 1.165) is 10.0 Å². The fourth-order valence-electron chi connectivity index (χ4n) is 2.06. The first-order chi connectivity index (χ1) is 11.6. The first-order valence-electron chi connectivity index (χ1n) is 7.42. The van der Waals surface area contributed by atoms with E-state index >= 15 is 0 Å². The average Bonchev–Trinajstić information content (AvgIpc) is 2.60. The average molecular weight is 391 g/mol. The predicted octanol–water partition coefficient (Wildman–Crippen LogP) is 4.38. The molecule has 126 valence electrons. The third kappa shape index (κ3) is 5.22. The van der Waals surface area contributed by atoms with E-state index in [1.807, 2.05) is 18.2 Å². The van der Waals surface area contributed by atoms with Gasteiger partial charge in [0.1, 0.15) is 18.1 Å². The molecule has 0 fully saturated rings. The van der Waals surface area contributed by atoms with Crippen LogP contribution in [0.25, 0.3) is 6.08 Å². The largest absolute Gasteiger partial charge is 0.496 e. The molecule has 0 aliphatic heterocycles. The van der Waals surface area contributed by atoms with Crippen LogP contribution in [0, 0.1) is 0 Å². The van der Waals surface area contributed by atoms with Crippen molar-refractivity contribution in [2.75, 3.05) is 27.4 Å². The Morgan fingerprint density at radius 1 is 1.08 bits per heavy atom. The lowest BCUT2D eigenvalue weighted by Gasteiger charge is -2.06. The summed E-state index contributed by atoms with van der Waals surface area (Å²) in [6.45, 7) is 1.00. The van der Waals surface area contributed by atoms with Gasteiger partial charge in [-0.15, -0.1) is 0 Å². The van der Waals surface area contributed by atoms with E-state index in [1.54, 1.807) is 44.6 Å². The number of hydrogen-bond acceptors (Lipinski definition) is 4. The Balaban J connectivity index is 2.05. The number of ketones is 1. The number of rotatable bonds is 8. The van der Waals surface area contributed by atoms with E-state index in [9.17, 15) is 4.79 Å². The standard InChI is InChI=1S/C19H19BrO4/c1-22-11-12-24-17-7-3-14(4-8-17)18(21)9-5-15-13-16(20)6-10-19(15)23-2/h3-10,13H,11-12H2,1-2H3/b9-5+. The molecule has 0 bridgehead atoms. The summed E-state index contributed by atoms with van der Waals surface area (Å²) in [6, 6.07) is 12.7. The van der Waals surface area contributed by atoms with E-state index in [0.29, 0.717) is 30.3 Å². The lowest BCUT2D eigenvalue weighted by atomic mass is 10.1. The Bertz CT molecular complexity index is 708. The van der Waals surface area contributed by atoms with Gasteiger partial charge in [-0.05, 0) is 54.6 Å². The lowest BCUT2D eigenvalue weighted by molar-refractivity contribution is 0.104. The van der Waals surface area contributed by atoms with Gasteiger partial charge < -0.3 is 14.2 Å². The fraction of sp³-hybridized carbons (Fsp3) is 0.211. The third-order valence-corrected chi connectivity index (χ3v) is 3.79. The summed E-state index contributed by atoms with van der Waals surface area (Å²) < 4.78 is 16.6. The van der Waals surface area contributed by atoms with Crippen LogP contribution in [0.3, 0.4) is 0 Å². The van der Waals surface area contributed by atoms with Gasteiger partial charge in [0.25, 0.3) is 0 Å². The number of hydrogen-bond donors (Lipinski definition) is 0. The number of ether oxygens (including phenoxy) is 3. The number of carbonyl (C=O) groups is 1. The molecule has 0 spiro atoms. The van der Waals surface area contributed by atoms with E-state index in [2.05, 4.69) is 15.9 Å². The van der Waals surface area contributed by atoms with Crippen molar-refractivity contribution in [3.05, 3.63) is 64.1 Å². The van der Waals surface area contributed by atoms with Gasteiger partial charge >= 0.3 is 0 Å². The van der Waals surface area contributed by atoms with Crippen molar-refractivity contribution >= 4 is 27.8 Å². The van der Waals surface area contributed by atoms with Crippen LogP contribution in [0.5, 0.6) is 11.5 Å². The predicted molar refractivity (Wildman–Crippen MR) is 97.9 cm³/mol. The maximum Gasteiger partial charge on any atom is 0.185 e. The van der Waals surface area contributed by atoms with Crippen LogP contribution in [0.15, 0.2) is 53.0 Å². The molecule has 4 nitrogen and oxygen atoms in total. The molecule has 0 atom stereocenters. The zero-order chi connectivity index (χ0) is 17.4. The summed E-state index contributed by atoms with van der Waals surface area (Å²) in [5, 5.41) is 0. The van der Waals surface area contributed by atoms with Gasteiger partial charge in [0.05, 0.1) is 13.7 Å². The molecule has 2 aromatic carbocycles. The van der Waals surface area contributed by atoms with Crippen molar-refractivity contribution in [1.29, 1.82) is 0 Å². The van der Waals surface area contributed by atoms with E-state index in [-0.39, 0.29) is 5.78 Å². The highest BCUT2D eigenvalue weighted by Crippen LogP contribution is 2.24. The molecule has 0 N–H and O–H groups in total. The summed E-state index contributed by atoms with van der Waals surface area (Å²) in [7, 11) is 3.22. The maximum atomic E-state index is 12.3. The van der Waals surface area contributed by atoms with Gasteiger partial charge in [-0.1, -0.05) is 15.9 Å². The van der Waals surface area contributed by atoms with Crippen LogP contribution >= 0.6 is 15.9 Å². The molecule has 0 aromatic heterocycles. The lowest BCUT2D eigenvalue weighted by Crippen LogP contribution is -2.04. The van der Waals surface area contributed by atoms with Crippen LogP contribution < -0.4 is 9.47 Å². The van der Waals surface area contributed by atoms with E-state index < -0.39 is 0 Å². The molecule has 0 saturated heterocycles. The molecule has 2 aromatic rings. The minimum atomic E-state index is -0.0829. The maximum absolute atomic E-state index is 12.3. The summed E-state index contributed by atoms with van der Waals surface area (Å²) in [4.78, 5) is 12.3. The SMILES string of the molecule is COCCOc1ccc(C(=O)/C=C/c2cc(Br)ccc2OC)cc1. The van der Waals surface area contributed by atoms with Gasteiger partial charge in [0.15, 0.2) is 5.78 Å². The monoisotopic (exact) mass is 390 g/mol. The Morgan fingerprint density at radius 2 is 1.83 bits per heavy atom. The van der Waals surface area contributed by atoms with Gasteiger partial charge in [0.2, 0.25) is 0 Å². The van der Waals surface area contributed by atoms with Crippen molar-refractivity contribution in [1.82, 2.24) is 0 Å². The first kappa shape index (κ1) is 18.2.